The second-order valence-electron chi connectivity index (χ2n) is 23.0. The number of imidazole rings is 2. The lowest BCUT2D eigenvalue weighted by Crippen LogP contribution is -2.26. The van der Waals surface area contributed by atoms with E-state index in [4.69, 9.17) is 19.9 Å². The molecule has 0 aliphatic rings. The summed E-state index contributed by atoms with van der Waals surface area (Å²) in [5.41, 5.74) is -0.386. The Balaban J connectivity index is 0.960. The summed E-state index contributed by atoms with van der Waals surface area (Å²) in [6.45, 7) is 11.5. The number of fused-ring (bicyclic) bond motifs is 8. The number of benzene rings is 6. The van der Waals surface area contributed by atoms with E-state index in [2.05, 4.69) is 20.6 Å². The average Bonchev–Trinajstić information content (AvgIpc) is 2.01. The van der Waals surface area contributed by atoms with Crippen LogP contribution in [0.3, 0.4) is 0 Å². The van der Waals surface area contributed by atoms with Crippen LogP contribution in [0.4, 0.5) is 64.1 Å². The Labute approximate surface area is 470 Å². The topological polar surface area (TPSA) is 126 Å². The van der Waals surface area contributed by atoms with Crippen molar-refractivity contribution in [2.24, 2.45) is 0 Å². The Morgan fingerprint density at radius 2 is 0.694 bits per heavy atom. The number of hydrogen-bond donors (Lipinski definition) is 2. The molecule has 0 atom stereocenters. The third-order valence-corrected chi connectivity index (χ3v) is 14.9. The molecule has 7 aromatic carbocycles. The fraction of sp³-hybridized carbons (Fsp3) is 0.200. The molecule has 0 amide bonds. The molecule has 0 saturated carbocycles. The van der Waals surface area contributed by atoms with Gasteiger partial charge in [0.2, 0.25) is 11.6 Å². The third kappa shape index (κ3) is 8.54. The summed E-state index contributed by atoms with van der Waals surface area (Å²) < 4.78 is 178. The molecule has 2 N–H and O–H groups in total. The molecule has 0 unspecified atom stereocenters. The first-order valence-electron chi connectivity index (χ1n) is 26.2. The maximum Gasteiger partial charge on any atom is 0.416 e. The summed E-state index contributed by atoms with van der Waals surface area (Å²) in [6, 6.07) is 22.5. The van der Waals surface area contributed by atoms with Crippen molar-refractivity contribution in [2.45, 2.75) is 77.3 Å². The molecule has 0 radical (unpaired) electrons. The highest BCUT2D eigenvalue weighted by atomic mass is 19.4. The zero-order valence-corrected chi connectivity index (χ0v) is 45.1. The Bertz CT molecular complexity index is 4660. The highest BCUT2D eigenvalue weighted by Crippen LogP contribution is 2.45. The summed E-state index contributed by atoms with van der Waals surface area (Å²) in [5, 5.41) is 8.10. The van der Waals surface area contributed by atoms with Crippen LogP contribution in [0.5, 0.6) is 0 Å². The van der Waals surface area contributed by atoms with Crippen molar-refractivity contribution < 1.29 is 52.7 Å². The molecule has 0 saturated heterocycles. The molecule has 0 bridgehead atoms. The van der Waals surface area contributed by atoms with Gasteiger partial charge in [-0.2, -0.15) is 62.7 Å². The molecule has 14 aromatic rings. The summed E-state index contributed by atoms with van der Waals surface area (Å²) in [5.74, 6) is 1.11. The summed E-state index contributed by atoms with van der Waals surface area (Å²) in [6.07, 6.45) is -14.7. The Morgan fingerprint density at radius 1 is 0.365 bits per heavy atom. The van der Waals surface area contributed by atoms with Crippen LogP contribution in [-0.4, -0.2) is 63.7 Å². The molecular formula is C60H41F12N13. The van der Waals surface area contributed by atoms with Gasteiger partial charge < -0.3 is 19.8 Å². The molecule has 7 heterocycles. The van der Waals surface area contributed by atoms with Crippen LogP contribution in [0.25, 0.3) is 117 Å². The van der Waals surface area contributed by atoms with Gasteiger partial charge in [0.15, 0.2) is 11.6 Å². The first-order chi connectivity index (χ1) is 39.9. The minimum absolute atomic E-state index is 0.0401. The van der Waals surface area contributed by atoms with Gasteiger partial charge in [0.05, 0.1) is 94.7 Å². The third-order valence-electron chi connectivity index (χ3n) is 14.9. The van der Waals surface area contributed by atoms with Crippen LogP contribution in [0.1, 0.15) is 63.8 Å². The Morgan fingerprint density at radius 3 is 1.00 bits per heavy atom. The summed E-state index contributed by atoms with van der Waals surface area (Å²) in [4.78, 5) is 28.9. The Kier molecular flexibility index (Phi) is 10.9. The van der Waals surface area contributed by atoms with Gasteiger partial charge in [-0.15, -0.1) is 0 Å². The van der Waals surface area contributed by atoms with Gasteiger partial charge in [0.25, 0.3) is 0 Å². The lowest BCUT2D eigenvalue weighted by atomic mass is 10.1. The van der Waals surface area contributed by atoms with E-state index in [1.54, 1.807) is 59.6 Å². The second kappa shape index (κ2) is 17.4. The predicted octanol–water partition coefficient (Wildman–Crippen LogP) is 16.6. The van der Waals surface area contributed by atoms with E-state index in [1.165, 1.54) is 30.6 Å². The first-order valence-corrected chi connectivity index (χ1v) is 26.2. The zero-order chi connectivity index (χ0) is 60.0. The normalized spacial score (nSPS) is 13.5. The number of alkyl halides is 12. The van der Waals surface area contributed by atoms with Gasteiger partial charge in [-0.05, 0) is 151 Å². The number of halogens is 12. The smallest absolute Gasteiger partial charge is 0.379 e. The van der Waals surface area contributed by atoms with Gasteiger partial charge in [0, 0.05) is 43.4 Å². The van der Waals surface area contributed by atoms with Gasteiger partial charge in [-0.3, -0.25) is 9.13 Å². The van der Waals surface area contributed by atoms with Crippen molar-refractivity contribution in [3.05, 3.63) is 150 Å². The van der Waals surface area contributed by atoms with Gasteiger partial charge in [0.1, 0.15) is 19.0 Å². The molecule has 25 heteroatoms. The SMILES string of the molecule is CC(C)(C)Nc1cc(-n2c3ccc(C(F)(F)F)cc3c3cc(C(F)(F)F)ccc32)cc2ncn(-c3nc4ncnc5nc(-n6cnc7cc(-n8c9ccc(C(F)(F)F)cc9c9cc(C(F)(F)F)ccc98)cc(NC(C)(C)C)c76)c6ccc3c6n45)c12. The fourth-order valence-corrected chi connectivity index (χ4v) is 11.6. The van der Waals surface area contributed by atoms with Gasteiger partial charge in [-0.1, -0.05) is 0 Å². The molecule has 7 aromatic heterocycles. The molecule has 13 nitrogen and oxygen atoms in total. The number of anilines is 2. The second-order valence-corrected chi connectivity index (χ2v) is 23.0. The van der Waals surface area contributed by atoms with Crippen molar-refractivity contribution in [1.29, 1.82) is 0 Å². The van der Waals surface area contributed by atoms with Crippen molar-refractivity contribution >= 4 is 105 Å². The maximum atomic E-state index is 14.2. The lowest BCUT2D eigenvalue weighted by Gasteiger charge is -2.24. The standard InChI is InChI=1S/C60H41F12N13/c1-55(2,3)79-42-23-32(83-44-13-7-28(57(61,62)63)17-36(44)37-18-29(58(64,65)66)8-14-45(37)83)21-40-49(42)81(26-75-40)51-34-11-12-35-48(34)85-53(77-51)73-25-74-54(85)78-52(35)82-27-76-41-22-33(24-43(50(41)82)80-56(4,5)6)84-46-15-9-30(59(67,68)69)19-38(46)39-20-31(60(70,71)72)10-16-47(39)84/h7-27,79-80H,1-6H3. The van der Waals surface area contributed by atoms with E-state index in [0.717, 1.165) is 48.5 Å². The van der Waals surface area contributed by atoms with Crippen LogP contribution in [0.15, 0.2) is 128 Å². The van der Waals surface area contributed by atoms with E-state index in [-0.39, 0.29) is 55.2 Å². The first kappa shape index (κ1) is 53.3. The van der Waals surface area contributed by atoms with Crippen LogP contribution < -0.4 is 10.6 Å². The summed E-state index contributed by atoms with van der Waals surface area (Å²) >= 11 is 0. The molecule has 0 spiro atoms. The molecule has 0 aliphatic heterocycles. The average molecular weight is 1170 g/mol. The lowest BCUT2D eigenvalue weighted by molar-refractivity contribution is -0.138. The maximum absolute atomic E-state index is 14.2. The molecular weight excluding hydrogens is 1130 g/mol. The van der Waals surface area contributed by atoms with Crippen LogP contribution in [0.2, 0.25) is 0 Å². The largest absolute Gasteiger partial charge is 0.416 e. The quantitative estimate of drug-likeness (QED) is 0.158. The van der Waals surface area contributed by atoms with E-state index < -0.39 is 58.0 Å². The van der Waals surface area contributed by atoms with Crippen molar-refractivity contribution in [3.8, 4) is 23.0 Å². The number of rotatable bonds is 6. The van der Waals surface area contributed by atoms with E-state index in [9.17, 15) is 52.7 Å². The van der Waals surface area contributed by atoms with Crippen LogP contribution in [-0.2, 0) is 24.7 Å². The van der Waals surface area contributed by atoms with Crippen molar-refractivity contribution in [3.63, 3.8) is 0 Å². The van der Waals surface area contributed by atoms with Gasteiger partial charge in [-0.25, -0.2) is 24.3 Å². The molecule has 430 valence electrons. The molecule has 0 fully saturated rings. The zero-order valence-electron chi connectivity index (χ0n) is 45.1. The van der Waals surface area contributed by atoms with E-state index in [0.29, 0.717) is 72.7 Å². The Hall–Kier alpha value is -9.68. The van der Waals surface area contributed by atoms with Crippen LogP contribution in [0, 0.1) is 0 Å². The number of nitrogens with one attached hydrogen (secondary N) is 2. The van der Waals surface area contributed by atoms with Crippen LogP contribution >= 0.6 is 0 Å². The predicted molar refractivity (Wildman–Crippen MR) is 299 cm³/mol. The number of nitrogens with zero attached hydrogens (tertiary/aromatic N) is 11. The minimum Gasteiger partial charge on any atom is -0.379 e. The number of aromatic nitrogens is 11. The fourth-order valence-electron chi connectivity index (χ4n) is 11.6. The minimum atomic E-state index is -4.78. The van der Waals surface area contributed by atoms with Crippen molar-refractivity contribution in [2.75, 3.05) is 10.6 Å². The monoisotopic (exact) mass is 1170 g/mol. The highest BCUT2D eigenvalue weighted by molar-refractivity contribution is 6.13. The molecule has 0 aliphatic carbocycles. The number of hydrogen-bond acceptors (Lipinski definition) is 8. The molecule has 85 heavy (non-hydrogen) atoms. The summed E-state index contributed by atoms with van der Waals surface area (Å²) in [7, 11) is 0. The molecule has 14 rings (SSSR count). The van der Waals surface area contributed by atoms with E-state index >= 15 is 0 Å². The van der Waals surface area contributed by atoms with E-state index in [1.807, 2.05) is 53.7 Å². The highest BCUT2D eigenvalue weighted by Gasteiger charge is 2.36. The van der Waals surface area contributed by atoms with Crippen molar-refractivity contribution in [1.82, 2.24) is 52.6 Å². The van der Waals surface area contributed by atoms with Gasteiger partial charge >= 0.3 is 24.7 Å².